The number of imidazole rings is 1. The van der Waals surface area contributed by atoms with E-state index in [1.165, 1.54) is 19.3 Å². The molecule has 3 atom stereocenters. The molecule has 20 heavy (non-hydrogen) atoms. The minimum atomic E-state index is 0.324. The Labute approximate surface area is 121 Å². The van der Waals surface area contributed by atoms with Crippen LogP contribution >= 0.6 is 0 Å². The number of fused-ring (bicyclic) bond motifs is 2. The summed E-state index contributed by atoms with van der Waals surface area (Å²) in [6, 6.07) is 1.67. The normalized spacial score (nSPS) is 27.6. The van der Waals surface area contributed by atoms with Crippen molar-refractivity contribution in [1.29, 1.82) is 0 Å². The lowest BCUT2D eigenvalue weighted by Gasteiger charge is -2.27. The Hall–Kier alpha value is -1.07. The van der Waals surface area contributed by atoms with Gasteiger partial charge in [0.2, 0.25) is 5.95 Å². The molecule has 3 rings (SSSR count). The summed E-state index contributed by atoms with van der Waals surface area (Å²) in [5, 5.41) is 3.73. The minimum absolute atomic E-state index is 0.324. The van der Waals surface area contributed by atoms with Gasteiger partial charge in [-0.1, -0.05) is 0 Å². The highest BCUT2D eigenvalue weighted by Gasteiger charge is 2.31. The molecule has 5 nitrogen and oxygen atoms in total. The fraction of sp³-hybridized carbons (Fsp3) is 0.800. The van der Waals surface area contributed by atoms with E-state index in [0.717, 1.165) is 31.3 Å². The van der Waals surface area contributed by atoms with Crippen molar-refractivity contribution in [3.63, 3.8) is 0 Å². The van der Waals surface area contributed by atoms with Crippen LogP contribution in [-0.2, 0) is 4.74 Å². The van der Waals surface area contributed by atoms with Crippen LogP contribution in [0.15, 0.2) is 6.20 Å². The van der Waals surface area contributed by atoms with Crippen LogP contribution in [0.1, 0.15) is 37.9 Å². The molecule has 0 radical (unpaired) electrons. The van der Waals surface area contributed by atoms with Crippen molar-refractivity contribution in [2.75, 3.05) is 31.7 Å². The van der Waals surface area contributed by atoms with Gasteiger partial charge in [-0.25, -0.2) is 4.98 Å². The molecule has 1 aromatic rings. The highest BCUT2D eigenvalue weighted by Crippen LogP contribution is 2.26. The molecule has 2 fully saturated rings. The first-order valence-electron chi connectivity index (χ1n) is 7.72. The number of methoxy groups -OCH3 is 1. The summed E-state index contributed by atoms with van der Waals surface area (Å²) in [6.45, 7) is 7.16. The van der Waals surface area contributed by atoms with Crippen LogP contribution in [-0.4, -0.2) is 48.4 Å². The average Bonchev–Trinajstić information content (AvgIpc) is 2.93. The number of nitrogens with one attached hydrogen (secondary N) is 1. The number of hydrogen-bond acceptors (Lipinski definition) is 4. The average molecular weight is 278 g/mol. The van der Waals surface area contributed by atoms with E-state index in [1.807, 2.05) is 0 Å². The van der Waals surface area contributed by atoms with Crippen molar-refractivity contribution >= 4 is 5.95 Å². The first-order valence-corrected chi connectivity index (χ1v) is 7.72. The maximum absolute atomic E-state index is 5.30. The molecule has 3 unspecified atom stereocenters. The van der Waals surface area contributed by atoms with Crippen LogP contribution in [0.5, 0.6) is 0 Å². The van der Waals surface area contributed by atoms with Gasteiger partial charge in [-0.15, -0.1) is 0 Å². The second-order valence-corrected chi connectivity index (χ2v) is 6.27. The fourth-order valence-corrected chi connectivity index (χ4v) is 3.51. The van der Waals surface area contributed by atoms with E-state index in [1.54, 1.807) is 7.11 Å². The van der Waals surface area contributed by atoms with Gasteiger partial charge in [-0.2, -0.15) is 0 Å². The first-order chi connectivity index (χ1) is 9.67. The Morgan fingerprint density at radius 1 is 1.40 bits per heavy atom. The molecule has 112 valence electrons. The van der Waals surface area contributed by atoms with Gasteiger partial charge in [0.05, 0.1) is 18.3 Å². The number of hydrogen-bond donors (Lipinski definition) is 1. The quantitative estimate of drug-likeness (QED) is 0.911. The van der Waals surface area contributed by atoms with Gasteiger partial charge in [0, 0.05) is 38.5 Å². The number of anilines is 1. The van der Waals surface area contributed by atoms with Crippen LogP contribution in [0.3, 0.4) is 0 Å². The molecule has 0 aliphatic carbocycles. The Morgan fingerprint density at radius 3 is 3.00 bits per heavy atom. The zero-order valence-corrected chi connectivity index (χ0v) is 12.8. The molecule has 0 amide bonds. The number of nitrogens with zero attached hydrogens (tertiary/aromatic N) is 3. The number of aromatic nitrogens is 2. The first kappa shape index (κ1) is 13.9. The number of rotatable bonds is 4. The molecule has 3 heterocycles. The molecule has 2 bridgehead atoms. The van der Waals surface area contributed by atoms with Gasteiger partial charge in [0.1, 0.15) is 0 Å². The van der Waals surface area contributed by atoms with Crippen molar-refractivity contribution in [2.24, 2.45) is 0 Å². The van der Waals surface area contributed by atoms with Gasteiger partial charge < -0.3 is 19.5 Å². The molecule has 2 saturated heterocycles. The maximum Gasteiger partial charge on any atom is 0.206 e. The highest BCUT2D eigenvalue weighted by atomic mass is 16.5. The van der Waals surface area contributed by atoms with E-state index in [9.17, 15) is 0 Å². The monoisotopic (exact) mass is 278 g/mol. The third-order valence-electron chi connectivity index (χ3n) is 4.52. The lowest BCUT2D eigenvalue weighted by atomic mass is 10.1. The van der Waals surface area contributed by atoms with E-state index in [-0.39, 0.29) is 0 Å². The fourth-order valence-electron chi connectivity index (χ4n) is 3.51. The molecule has 0 aromatic carbocycles. The van der Waals surface area contributed by atoms with E-state index >= 15 is 0 Å². The maximum atomic E-state index is 5.30. The third kappa shape index (κ3) is 2.69. The Bertz CT molecular complexity index is 459. The van der Waals surface area contributed by atoms with Crippen LogP contribution in [0.25, 0.3) is 0 Å². The van der Waals surface area contributed by atoms with Gasteiger partial charge >= 0.3 is 0 Å². The summed E-state index contributed by atoms with van der Waals surface area (Å²) in [5.74, 6) is 1.11. The highest BCUT2D eigenvalue weighted by molar-refractivity contribution is 5.35. The number of aryl methyl sites for hydroxylation is 1. The molecule has 2 aliphatic rings. The topological polar surface area (TPSA) is 42.3 Å². The van der Waals surface area contributed by atoms with Gasteiger partial charge in [0.15, 0.2) is 0 Å². The van der Waals surface area contributed by atoms with E-state index < -0.39 is 0 Å². The third-order valence-corrected chi connectivity index (χ3v) is 4.52. The Balaban J connectivity index is 1.82. The molecular formula is C15H26N4O. The predicted octanol–water partition coefficient (Wildman–Crippen LogP) is 1.73. The van der Waals surface area contributed by atoms with Crippen molar-refractivity contribution in [1.82, 2.24) is 14.9 Å². The van der Waals surface area contributed by atoms with Gasteiger partial charge in [-0.05, 0) is 33.1 Å². The van der Waals surface area contributed by atoms with Crippen LogP contribution in [0.4, 0.5) is 5.95 Å². The molecule has 1 N–H and O–H groups in total. The molecule has 0 saturated carbocycles. The van der Waals surface area contributed by atoms with Crippen molar-refractivity contribution in [3.8, 4) is 0 Å². The number of ether oxygens (including phenoxy) is 1. The Morgan fingerprint density at radius 2 is 2.20 bits per heavy atom. The van der Waals surface area contributed by atoms with E-state index in [0.29, 0.717) is 18.1 Å². The molecule has 1 aromatic heterocycles. The van der Waals surface area contributed by atoms with Crippen molar-refractivity contribution in [3.05, 3.63) is 11.9 Å². The summed E-state index contributed by atoms with van der Waals surface area (Å²) in [6.07, 6.45) is 6.01. The zero-order valence-electron chi connectivity index (χ0n) is 12.8. The van der Waals surface area contributed by atoms with Crippen molar-refractivity contribution in [2.45, 2.75) is 51.2 Å². The summed E-state index contributed by atoms with van der Waals surface area (Å²) < 4.78 is 7.58. The minimum Gasteiger partial charge on any atom is -0.383 e. The summed E-state index contributed by atoms with van der Waals surface area (Å²) in [7, 11) is 1.76. The standard InChI is InChI=1S/C15H26N4O/c1-11-8-19(12(2)10-20-3)15(16-11)18-7-6-13-4-5-14(9-18)17-13/h8,12-14,17H,4-7,9-10H2,1-3H3. The Kier molecular flexibility index (Phi) is 3.98. The lowest BCUT2D eigenvalue weighted by Crippen LogP contribution is -2.37. The molecular weight excluding hydrogens is 252 g/mol. The predicted molar refractivity (Wildman–Crippen MR) is 80.3 cm³/mol. The van der Waals surface area contributed by atoms with Crippen molar-refractivity contribution < 1.29 is 4.74 Å². The SMILES string of the molecule is COCC(C)n1cc(C)nc1N1CCC2CCC(C1)N2. The summed E-state index contributed by atoms with van der Waals surface area (Å²) >= 11 is 0. The second kappa shape index (κ2) is 5.74. The van der Waals surface area contributed by atoms with Crippen LogP contribution in [0.2, 0.25) is 0 Å². The largest absolute Gasteiger partial charge is 0.383 e. The molecule has 0 spiro atoms. The molecule has 5 heteroatoms. The van der Waals surface area contributed by atoms with Crippen LogP contribution in [0, 0.1) is 6.92 Å². The summed E-state index contributed by atoms with van der Waals surface area (Å²) in [5.41, 5.74) is 1.09. The lowest BCUT2D eigenvalue weighted by molar-refractivity contribution is 0.162. The van der Waals surface area contributed by atoms with Gasteiger partial charge in [0.25, 0.3) is 0 Å². The second-order valence-electron chi connectivity index (χ2n) is 6.27. The van der Waals surface area contributed by atoms with E-state index in [4.69, 9.17) is 9.72 Å². The zero-order chi connectivity index (χ0) is 14.1. The smallest absolute Gasteiger partial charge is 0.206 e. The van der Waals surface area contributed by atoms with E-state index in [2.05, 4.69) is 34.8 Å². The van der Waals surface area contributed by atoms with Gasteiger partial charge in [-0.3, -0.25) is 0 Å². The summed E-state index contributed by atoms with van der Waals surface area (Å²) in [4.78, 5) is 7.22. The molecule has 2 aliphatic heterocycles. The van der Waals surface area contributed by atoms with Crippen LogP contribution < -0.4 is 10.2 Å².